The number of benzene rings is 2. The number of aryl methyl sites for hydroxylation is 1. The maximum atomic E-state index is 12.7. The zero-order chi connectivity index (χ0) is 22.7. The lowest BCUT2D eigenvalue weighted by atomic mass is 10.0. The molecule has 170 valence electrons. The second-order valence-corrected chi connectivity index (χ2v) is 9.53. The Labute approximate surface area is 190 Å². The van der Waals surface area contributed by atoms with Gasteiger partial charge in [0.25, 0.3) is 6.01 Å². The summed E-state index contributed by atoms with van der Waals surface area (Å²) in [6.07, 6.45) is 2.70. The summed E-state index contributed by atoms with van der Waals surface area (Å²) in [6, 6.07) is 17.0. The summed E-state index contributed by atoms with van der Waals surface area (Å²) in [6.45, 7) is 9.59. The van der Waals surface area contributed by atoms with Crippen LogP contribution in [0.1, 0.15) is 51.2 Å². The summed E-state index contributed by atoms with van der Waals surface area (Å²) in [7, 11) is 0. The molecule has 1 amide bonds. The Morgan fingerprint density at radius 1 is 1.09 bits per heavy atom. The number of carbonyl (C=O) groups is 1. The van der Waals surface area contributed by atoms with E-state index in [-0.39, 0.29) is 12.1 Å². The van der Waals surface area contributed by atoms with Crippen LogP contribution in [0.2, 0.25) is 0 Å². The Kier molecular flexibility index (Phi) is 6.40. The highest BCUT2D eigenvalue weighted by Crippen LogP contribution is 2.26. The molecule has 0 aliphatic carbocycles. The Balaban J connectivity index is 1.56. The normalized spacial score (nSPS) is 16.9. The van der Waals surface area contributed by atoms with E-state index in [4.69, 9.17) is 14.5 Å². The molecule has 2 aromatic carbocycles. The molecule has 1 saturated heterocycles. The van der Waals surface area contributed by atoms with Crippen LogP contribution in [-0.4, -0.2) is 45.3 Å². The smallest absolute Gasteiger partial charge is 0.410 e. The van der Waals surface area contributed by atoms with Crippen molar-refractivity contribution >= 4 is 17.1 Å². The number of fused-ring (bicyclic) bond motifs is 1. The van der Waals surface area contributed by atoms with E-state index in [0.717, 1.165) is 30.3 Å². The van der Waals surface area contributed by atoms with Gasteiger partial charge in [-0.3, -0.25) is 4.57 Å². The molecule has 0 saturated carbocycles. The molecule has 4 rings (SSSR count). The third-order valence-electron chi connectivity index (χ3n) is 5.87. The minimum atomic E-state index is -0.512. The van der Waals surface area contributed by atoms with Gasteiger partial charge in [0.1, 0.15) is 12.2 Å². The van der Waals surface area contributed by atoms with E-state index < -0.39 is 5.60 Å². The molecule has 1 unspecified atom stereocenters. The summed E-state index contributed by atoms with van der Waals surface area (Å²) < 4.78 is 14.0. The van der Waals surface area contributed by atoms with Crippen molar-refractivity contribution in [1.82, 2.24) is 14.5 Å². The monoisotopic (exact) mass is 435 g/mol. The van der Waals surface area contributed by atoms with Gasteiger partial charge in [-0.1, -0.05) is 36.4 Å². The fourth-order valence-electron chi connectivity index (χ4n) is 4.18. The molecule has 3 aromatic rings. The predicted octanol–water partition coefficient (Wildman–Crippen LogP) is 5.56. The molecule has 0 radical (unpaired) electrons. The first-order valence-corrected chi connectivity index (χ1v) is 11.4. The lowest BCUT2D eigenvalue weighted by Crippen LogP contribution is -2.48. The van der Waals surface area contributed by atoms with Crippen LogP contribution in [0.4, 0.5) is 4.79 Å². The van der Waals surface area contributed by atoms with Gasteiger partial charge < -0.3 is 14.4 Å². The molecule has 6 heteroatoms. The van der Waals surface area contributed by atoms with Gasteiger partial charge in [-0.2, -0.15) is 4.98 Å². The van der Waals surface area contributed by atoms with Crippen LogP contribution in [0.15, 0.2) is 48.5 Å². The van der Waals surface area contributed by atoms with Gasteiger partial charge in [0.2, 0.25) is 0 Å². The molecule has 1 aromatic heterocycles. The minimum absolute atomic E-state index is 0.0228. The van der Waals surface area contributed by atoms with E-state index in [9.17, 15) is 4.79 Å². The van der Waals surface area contributed by atoms with Crippen molar-refractivity contribution in [2.24, 2.45) is 0 Å². The third-order valence-corrected chi connectivity index (χ3v) is 5.87. The number of piperidine rings is 1. The molecule has 1 aliphatic heterocycles. The van der Waals surface area contributed by atoms with Crippen molar-refractivity contribution in [2.45, 2.75) is 65.1 Å². The van der Waals surface area contributed by atoms with Crippen molar-refractivity contribution in [1.29, 1.82) is 0 Å². The number of hydrogen-bond acceptors (Lipinski definition) is 4. The van der Waals surface area contributed by atoms with Crippen molar-refractivity contribution in [3.63, 3.8) is 0 Å². The van der Waals surface area contributed by atoms with Gasteiger partial charge in [0.05, 0.1) is 23.6 Å². The quantitative estimate of drug-likeness (QED) is 0.526. The lowest BCUT2D eigenvalue weighted by molar-refractivity contribution is 0.00290. The van der Waals surface area contributed by atoms with Crippen molar-refractivity contribution in [2.75, 3.05) is 13.2 Å². The second-order valence-electron chi connectivity index (χ2n) is 9.53. The van der Waals surface area contributed by atoms with Crippen molar-refractivity contribution < 1.29 is 14.3 Å². The molecule has 1 atom stereocenters. The Bertz CT molecular complexity index is 1080. The van der Waals surface area contributed by atoms with Crippen LogP contribution in [0.25, 0.3) is 11.0 Å². The molecular formula is C26H33N3O3. The third kappa shape index (κ3) is 5.06. The van der Waals surface area contributed by atoms with Crippen LogP contribution in [0.3, 0.4) is 0 Å². The molecule has 0 N–H and O–H groups in total. The molecule has 1 fully saturated rings. The number of ether oxygens (including phenoxy) is 2. The predicted molar refractivity (Wildman–Crippen MR) is 126 cm³/mol. The zero-order valence-corrected chi connectivity index (χ0v) is 19.5. The van der Waals surface area contributed by atoms with Crippen LogP contribution in [0, 0.1) is 6.92 Å². The van der Waals surface area contributed by atoms with Crippen LogP contribution < -0.4 is 4.74 Å². The first-order chi connectivity index (χ1) is 15.3. The van der Waals surface area contributed by atoms with Gasteiger partial charge in [-0.05, 0) is 70.2 Å². The Hall–Kier alpha value is -3.02. The molecule has 0 bridgehead atoms. The minimum Gasteiger partial charge on any atom is -0.462 e. The number of hydrogen-bond donors (Lipinski definition) is 0. The van der Waals surface area contributed by atoms with E-state index in [1.165, 1.54) is 11.1 Å². The number of aromatic nitrogens is 2. The summed E-state index contributed by atoms with van der Waals surface area (Å²) >= 11 is 0. The van der Waals surface area contributed by atoms with E-state index in [0.29, 0.717) is 25.7 Å². The number of likely N-dealkylation sites (tertiary alicyclic amines) is 1. The number of imidazole rings is 1. The van der Waals surface area contributed by atoms with E-state index in [2.05, 4.69) is 41.8 Å². The number of nitrogens with zero attached hydrogens (tertiary/aromatic N) is 3. The highest BCUT2D eigenvalue weighted by atomic mass is 16.6. The lowest BCUT2D eigenvalue weighted by Gasteiger charge is -2.36. The van der Waals surface area contributed by atoms with Gasteiger partial charge in [-0.25, -0.2) is 4.79 Å². The molecule has 32 heavy (non-hydrogen) atoms. The Morgan fingerprint density at radius 3 is 2.62 bits per heavy atom. The highest BCUT2D eigenvalue weighted by Gasteiger charge is 2.31. The second kappa shape index (κ2) is 9.23. The van der Waals surface area contributed by atoms with Gasteiger partial charge >= 0.3 is 6.09 Å². The summed E-state index contributed by atoms with van der Waals surface area (Å²) in [5.41, 5.74) is 3.90. The molecule has 1 aliphatic rings. The Morgan fingerprint density at radius 2 is 1.84 bits per heavy atom. The average Bonchev–Trinajstić information content (AvgIpc) is 3.10. The largest absolute Gasteiger partial charge is 0.462 e. The molecule has 0 spiro atoms. The van der Waals surface area contributed by atoms with E-state index >= 15 is 0 Å². The van der Waals surface area contributed by atoms with Crippen LogP contribution >= 0.6 is 0 Å². The fourth-order valence-corrected chi connectivity index (χ4v) is 4.18. The van der Waals surface area contributed by atoms with E-state index in [1.54, 1.807) is 0 Å². The first kappa shape index (κ1) is 22.2. The van der Waals surface area contributed by atoms with Gasteiger partial charge in [-0.15, -0.1) is 0 Å². The average molecular weight is 436 g/mol. The number of carbonyl (C=O) groups excluding carboxylic acids is 1. The number of rotatable bonds is 5. The molecular weight excluding hydrogens is 402 g/mol. The molecule has 2 heterocycles. The van der Waals surface area contributed by atoms with E-state index in [1.807, 2.05) is 43.9 Å². The van der Waals surface area contributed by atoms with Gasteiger partial charge in [0, 0.05) is 6.54 Å². The highest BCUT2D eigenvalue weighted by molar-refractivity contribution is 5.76. The maximum absolute atomic E-state index is 12.7. The number of para-hydroxylation sites is 2. The molecule has 6 nitrogen and oxygen atoms in total. The SMILES string of the molecule is Cc1ccccc1Cn1c(OCC2CCCCN2C(=O)OC(C)(C)C)nc2ccccc21. The summed E-state index contributed by atoms with van der Waals surface area (Å²) in [4.78, 5) is 19.3. The standard InChI is InChI=1S/C26H33N3O3/c1-19-11-5-6-12-20(19)17-29-23-15-8-7-14-22(23)27-24(29)31-18-21-13-9-10-16-28(21)25(30)32-26(2,3)4/h5-8,11-12,14-15,21H,9-10,13,16-18H2,1-4H3. The maximum Gasteiger partial charge on any atom is 0.410 e. The van der Waals surface area contributed by atoms with Gasteiger partial charge in [0.15, 0.2) is 0 Å². The summed E-state index contributed by atoms with van der Waals surface area (Å²) in [5.74, 6) is 0. The zero-order valence-electron chi connectivity index (χ0n) is 19.5. The van der Waals surface area contributed by atoms with Crippen LogP contribution in [0.5, 0.6) is 6.01 Å². The topological polar surface area (TPSA) is 56.6 Å². The van der Waals surface area contributed by atoms with Crippen molar-refractivity contribution in [3.8, 4) is 6.01 Å². The van der Waals surface area contributed by atoms with Crippen molar-refractivity contribution in [3.05, 3.63) is 59.7 Å². The first-order valence-electron chi connectivity index (χ1n) is 11.4. The van der Waals surface area contributed by atoms with Crippen LogP contribution in [-0.2, 0) is 11.3 Å². The summed E-state index contributed by atoms with van der Waals surface area (Å²) in [5, 5.41) is 0. The number of amides is 1. The fraction of sp³-hybridized carbons (Fsp3) is 0.462.